The summed E-state index contributed by atoms with van der Waals surface area (Å²) >= 11 is 0. The van der Waals surface area contributed by atoms with Gasteiger partial charge in [-0.25, -0.2) is 19.9 Å². The summed E-state index contributed by atoms with van der Waals surface area (Å²) in [6.45, 7) is 36.3. The number of carbonyl (C=O) groups is 1. The van der Waals surface area contributed by atoms with Crippen molar-refractivity contribution in [3.8, 4) is 0 Å². The van der Waals surface area contributed by atoms with Crippen LogP contribution in [-0.4, -0.2) is 46.2 Å². The van der Waals surface area contributed by atoms with Gasteiger partial charge in [0.1, 0.15) is 0 Å². The van der Waals surface area contributed by atoms with E-state index in [1.165, 1.54) is 83.5 Å². The molecule has 4 aliphatic heterocycles. The quantitative estimate of drug-likeness (QED) is 0.0600. The molecule has 4 aliphatic rings. The predicted octanol–water partition coefficient (Wildman–Crippen LogP) is 20.3. The first-order valence-electron chi connectivity index (χ1n) is 32.6. The van der Waals surface area contributed by atoms with Crippen LogP contribution in [0.3, 0.4) is 0 Å². The number of hydrogen-bond acceptors (Lipinski definition) is 5. The van der Waals surface area contributed by atoms with Crippen molar-refractivity contribution in [2.75, 3.05) is 0 Å². The number of rotatable bonds is 19. The van der Waals surface area contributed by atoms with Crippen molar-refractivity contribution in [1.29, 1.82) is 0 Å². The van der Waals surface area contributed by atoms with Crippen LogP contribution in [0.25, 0.3) is 101 Å². The van der Waals surface area contributed by atoms with Crippen LogP contribution >= 0.6 is 0 Å². The molecular weight excluding hydrogens is 1030 g/mol. The molecule has 0 radical (unpaired) electrons. The summed E-state index contributed by atoms with van der Waals surface area (Å²) in [4.78, 5) is 52.6. The summed E-state index contributed by atoms with van der Waals surface area (Å²) in [5.41, 5.74) is 39.5. The Labute approximate surface area is 499 Å². The highest BCUT2D eigenvalue weighted by Crippen LogP contribution is 2.45. The van der Waals surface area contributed by atoms with Crippen LogP contribution in [0.2, 0.25) is 0 Å². The monoisotopic (exact) mass is 1120 g/mol. The number of hydrogen-bond donors (Lipinski definition) is 4. The molecule has 0 saturated carbocycles. The Kier molecular flexibility index (Phi) is 17.8. The molecule has 6 aromatic heterocycles. The molecule has 9 nitrogen and oxygen atoms in total. The van der Waals surface area contributed by atoms with Crippen LogP contribution in [0, 0.1) is 0 Å². The maximum Gasteiger partial charge on any atom is 0.154 e. The molecule has 9 heteroatoms. The molecule has 0 saturated heterocycles. The van der Waals surface area contributed by atoms with Gasteiger partial charge in [0.05, 0.1) is 67.7 Å². The molecule has 6 aromatic rings. The smallest absolute Gasteiger partial charge is 0.154 e. The number of fused-ring (bicyclic) bond motifs is 16. The zero-order valence-corrected chi connectivity index (χ0v) is 53.6. The highest BCUT2D eigenvalue weighted by molar-refractivity contribution is 6.05. The van der Waals surface area contributed by atoms with Crippen molar-refractivity contribution >= 4 is 107 Å². The lowest BCUT2D eigenvalue weighted by Gasteiger charge is -2.09. The Bertz CT molecular complexity index is 4160. The molecule has 0 atom stereocenters. The first kappa shape index (κ1) is 59.8. The van der Waals surface area contributed by atoms with Crippen molar-refractivity contribution in [1.82, 2.24) is 39.9 Å². The third kappa shape index (κ3) is 9.75. The van der Waals surface area contributed by atoms with Gasteiger partial charge in [-0.2, -0.15) is 0 Å². The largest absolute Gasteiger partial charge is 0.355 e. The fourth-order valence-corrected chi connectivity index (χ4v) is 15.2. The van der Waals surface area contributed by atoms with E-state index >= 15 is 0 Å². The number of nitrogens with one attached hydrogen (secondary N) is 4. The fourth-order valence-electron chi connectivity index (χ4n) is 15.2. The van der Waals surface area contributed by atoms with Crippen molar-refractivity contribution in [2.45, 2.75) is 214 Å². The van der Waals surface area contributed by atoms with E-state index in [0.717, 1.165) is 215 Å². The summed E-state index contributed by atoms with van der Waals surface area (Å²) < 4.78 is 0. The summed E-state index contributed by atoms with van der Waals surface area (Å²) in [5, 5.41) is 0. The first-order chi connectivity index (χ1) is 40.9. The van der Waals surface area contributed by atoms with E-state index in [2.05, 4.69) is 173 Å². The molecule has 4 N–H and O–H groups in total. The number of H-pyrrole nitrogens is 4. The zero-order valence-electron chi connectivity index (χ0n) is 53.6. The van der Waals surface area contributed by atoms with Crippen molar-refractivity contribution < 1.29 is 4.79 Å². The summed E-state index contributed by atoms with van der Waals surface area (Å²) in [5.74, 6) is 0. The van der Waals surface area contributed by atoms with Gasteiger partial charge in [-0.05, 0) is 234 Å². The molecule has 438 valence electrons. The maximum absolute atomic E-state index is 13.6. The minimum Gasteiger partial charge on any atom is -0.355 e. The number of aromatic nitrogens is 8. The number of aldehydes is 1. The summed E-state index contributed by atoms with van der Waals surface area (Å²) in [6.07, 6.45) is 19.3. The lowest BCUT2D eigenvalue weighted by Crippen LogP contribution is -1.94. The van der Waals surface area contributed by atoms with Crippen LogP contribution in [0.5, 0.6) is 0 Å². The van der Waals surface area contributed by atoms with E-state index in [1.807, 2.05) is 0 Å². The minimum absolute atomic E-state index is 0.632. The Morgan fingerprint density at radius 2 is 0.500 bits per heavy atom. The maximum atomic E-state index is 13.6. The molecule has 0 fully saturated rings. The van der Waals surface area contributed by atoms with Gasteiger partial charge in [0, 0.05) is 38.7 Å². The van der Waals surface area contributed by atoms with Gasteiger partial charge in [-0.15, -0.1) is 0 Å². The highest BCUT2D eigenvalue weighted by atomic mass is 16.1. The number of carbonyl (C=O) groups excluding carboxylic acids is 1. The number of aryl methyl sites for hydroxylation is 8. The molecule has 10 rings (SSSR count). The molecule has 0 unspecified atom stereocenters. The Balaban J connectivity index is 1.44. The Morgan fingerprint density at radius 1 is 0.274 bits per heavy atom. The third-order valence-corrected chi connectivity index (χ3v) is 19.0. The van der Waals surface area contributed by atoms with Crippen molar-refractivity contribution in [3.05, 3.63) is 137 Å². The minimum atomic E-state index is 0.632. The first-order valence-corrected chi connectivity index (χ1v) is 32.6. The second-order valence-corrected chi connectivity index (χ2v) is 22.8. The van der Waals surface area contributed by atoms with Gasteiger partial charge in [-0.1, -0.05) is 111 Å². The summed E-state index contributed by atoms with van der Waals surface area (Å²) in [7, 11) is 0. The molecule has 0 amide bonds. The topological polar surface area (TPSA) is 132 Å². The van der Waals surface area contributed by atoms with Gasteiger partial charge in [-0.3, -0.25) is 4.79 Å². The molecule has 0 spiro atoms. The number of aromatic amines is 4. The van der Waals surface area contributed by atoms with Gasteiger partial charge < -0.3 is 19.9 Å². The molecule has 0 aromatic carbocycles. The van der Waals surface area contributed by atoms with Crippen LogP contribution in [-0.2, 0) is 51.4 Å². The van der Waals surface area contributed by atoms with Crippen LogP contribution in [0.1, 0.15) is 274 Å². The second-order valence-electron chi connectivity index (χ2n) is 22.8. The van der Waals surface area contributed by atoms with Gasteiger partial charge in [0.25, 0.3) is 0 Å². The van der Waals surface area contributed by atoms with Gasteiger partial charge in [0.15, 0.2) is 6.29 Å². The number of allylic oxidation sites excluding steroid dienone is 8. The van der Waals surface area contributed by atoms with Crippen molar-refractivity contribution in [3.63, 3.8) is 0 Å². The normalized spacial score (nSPS) is 13.8. The predicted molar refractivity (Wildman–Crippen MR) is 361 cm³/mol. The van der Waals surface area contributed by atoms with Crippen LogP contribution in [0.15, 0.2) is 30.3 Å². The average Bonchev–Trinajstić information content (AvgIpc) is 3.18. The van der Waals surface area contributed by atoms with E-state index in [0.29, 0.717) is 5.56 Å². The zero-order chi connectivity index (χ0) is 59.8. The molecular formula is C75H92N8O. The lowest BCUT2D eigenvalue weighted by molar-refractivity contribution is 0.112. The fraction of sp³-hybridized carbons (Fsp3) is 0.427. The average molecular weight is 1120 g/mol. The molecule has 84 heavy (non-hydrogen) atoms. The standard InChI is InChI=1S/C75H92N8O/c1-17-41-43(19-3)62-36-64-45(21-5)51(27-11)70(78-64)57(71-52(28-12)46(22-6)65(79-71)37-63-44(20-4)42(18-2)61(77-63)35-60(41)76-62)33-34-58-72-53(29-13)47(23-7)66(80-72)38-68-49(25-9)55(31-15)74(82-68)59(40-84)75-56(32-16)50(26-10)69(83-75)39-67-48(24-8)54(30-14)73(58)81-67/h33-40,76,79-80,83H,17-32H2,1-16H3/b34-33-,60-35?,61-35?,62-36?,63-37?,64-36?,65-37?,66-38?,67-39?,68-38?,69-39?,70-57?,71-57?,72-58?,73-58?,74-59?,75-59?. The van der Waals surface area contributed by atoms with E-state index in [4.69, 9.17) is 19.9 Å². The number of nitrogens with zero attached hydrogens (tertiary/aromatic N) is 4. The Morgan fingerprint density at radius 3 is 0.762 bits per heavy atom. The SMILES string of the molecule is CCC1=C(CC)c2cc3[nH]c(c(/C=C\c4c5nc(cc6[nH]c(c(C=O)c7nc(cc8[nH]c4c(CC)c8CC)C(CC)=C7CC)c(CC)c6CC)C(CC)=C5CC)c4nc(cc5[nH]c(cc1n2)c(CC)c5CC)C(CC)=C4CC)c(CC)c3CC. The van der Waals surface area contributed by atoms with E-state index in [9.17, 15) is 4.79 Å². The molecule has 10 heterocycles. The van der Waals surface area contributed by atoms with E-state index in [1.54, 1.807) is 0 Å². The highest BCUT2D eigenvalue weighted by Gasteiger charge is 2.29. The lowest BCUT2D eigenvalue weighted by atomic mass is 9.94. The van der Waals surface area contributed by atoms with Crippen molar-refractivity contribution in [2.24, 2.45) is 0 Å². The summed E-state index contributed by atoms with van der Waals surface area (Å²) in [6, 6.07) is 11.6. The second kappa shape index (κ2) is 25.1. The Hall–Kier alpha value is -7.39. The van der Waals surface area contributed by atoms with E-state index in [-0.39, 0.29) is 0 Å². The molecule has 0 aliphatic carbocycles. The van der Waals surface area contributed by atoms with Gasteiger partial charge >= 0.3 is 0 Å². The van der Waals surface area contributed by atoms with Gasteiger partial charge in [0.2, 0.25) is 0 Å². The van der Waals surface area contributed by atoms with Crippen LogP contribution < -0.4 is 0 Å². The third-order valence-electron chi connectivity index (χ3n) is 19.0. The van der Waals surface area contributed by atoms with Crippen LogP contribution in [0.4, 0.5) is 0 Å². The molecule has 16 bridgehead atoms. The van der Waals surface area contributed by atoms with E-state index < -0.39 is 0 Å².